The lowest BCUT2D eigenvalue weighted by molar-refractivity contribution is -0.105. The Kier molecular flexibility index (Phi) is 3.35. The van der Waals surface area contributed by atoms with Gasteiger partial charge in [-0.25, -0.2) is 0 Å². The van der Waals surface area contributed by atoms with Crippen LogP contribution in [-0.4, -0.2) is 12.0 Å². The minimum Gasteiger partial charge on any atom is -0.302 e. The third kappa shape index (κ3) is 2.11. The number of rotatable bonds is 3. The Hall–Kier alpha value is -0.760. The number of aldehydes is 1. The van der Waals surface area contributed by atoms with E-state index < -0.39 is 0 Å². The van der Waals surface area contributed by atoms with Crippen LogP contribution in [0, 0.1) is 13.8 Å². The van der Waals surface area contributed by atoms with Gasteiger partial charge in [-0.15, -0.1) is 11.8 Å². The molecule has 1 rings (SSSR count). The van der Waals surface area contributed by atoms with Crippen molar-refractivity contribution in [2.45, 2.75) is 18.7 Å². The summed E-state index contributed by atoms with van der Waals surface area (Å²) < 4.78 is 0. The fraction of sp³-hybridized carbons (Fsp3) is 0.300. The molecule has 1 aromatic rings. The molecule has 0 aliphatic heterocycles. The van der Waals surface area contributed by atoms with Crippen LogP contribution in [0.3, 0.4) is 0 Å². The van der Waals surface area contributed by atoms with Crippen LogP contribution >= 0.6 is 11.8 Å². The van der Waals surface area contributed by atoms with E-state index >= 15 is 0 Å². The van der Waals surface area contributed by atoms with Gasteiger partial charge in [0.25, 0.3) is 0 Å². The molecule has 0 N–H and O–H groups in total. The SMILES string of the molecule is Cc1cccc(C)c1SCC=O. The van der Waals surface area contributed by atoms with Gasteiger partial charge in [0.1, 0.15) is 6.29 Å². The molecule has 0 bridgehead atoms. The van der Waals surface area contributed by atoms with Crippen molar-refractivity contribution >= 4 is 18.0 Å². The van der Waals surface area contributed by atoms with E-state index in [1.54, 1.807) is 11.8 Å². The van der Waals surface area contributed by atoms with Gasteiger partial charge in [0.15, 0.2) is 0 Å². The predicted molar refractivity (Wildman–Crippen MR) is 52.7 cm³/mol. The molecule has 12 heavy (non-hydrogen) atoms. The van der Waals surface area contributed by atoms with Crippen LogP contribution < -0.4 is 0 Å². The summed E-state index contributed by atoms with van der Waals surface area (Å²) in [6.45, 7) is 4.14. The van der Waals surface area contributed by atoms with Crippen molar-refractivity contribution in [3.63, 3.8) is 0 Å². The highest BCUT2D eigenvalue weighted by molar-refractivity contribution is 8.00. The summed E-state index contributed by atoms with van der Waals surface area (Å²) in [6, 6.07) is 6.18. The number of thioether (sulfide) groups is 1. The van der Waals surface area contributed by atoms with Gasteiger partial charge in [-0.3, -0.25) is 0 Å². The molecule has 1 aromatic carbocycles. The van der Waals surface area contributed by atoms with Gasteiger partial charge < -0.3 is 4.79 Å². The largest absolute Gasteiger partial charge is 0.302 e. The monoisotopic (exact) mass is 180 g/mol. The Bertz CT molecular complexity index is 261. The van der Waals surface area contributed by atoms with Gasteiger partial charge in [-0.05, 0) is 25.0 Å². The van der Waals surface area contributed by atoms with E-state index in [2.05, 4.69) is 26.0 Å². The lowest BCUT2D eigenvalue weighted by Crippen LogP contribution is -1.86. The summed E-state index contributed by atoms with van der Waals surface area (Å²) in [5.41, 5.74) is 2.50. The molecule has 0 aliphatic carbocycles. The van der Waals surface area contributed by atoms with Gasteiger partial charge >= 0.3 is 0 Å². The van der Waals surface area contributed by atoms with Gasteiger partial charge in [0, 0.05) is 4.90 Å². The van der Waals surface area contributed by atoms with E-state index in [1.165, 1.54) is 16.0 Å². The van der Waals surface area contributed by atoms with Crippen molar-refractivity contribution in [2.75, 3.05) is 5.75 Å². The topological polar surface area (TPSA) is 17.1 Å². The van der Waals surface area contributed by atoms with Crippen LogP contribution in [0.5, 0.6) is 0 Å². The number of hydrogen-bond acceptors (Lipinski definition) is 2. The molecule has 1 nitrogen and oxygen atoms in total. The van der Waals surface area contributed by atoms with Crippen LogP contribution in [-0.2, 0) is 4.79 Å². The van der Waals surface area contributed by atoms with Crippen LogP contribution in [0.25, 0.3) is 0 Å². The fourth-order valence-corrected chi connectivity index (χ4v) is 1.97. The summed E-state index contributed by atoms with van der Waals surface area (Å²) in [5.74, 6) is 0.547. The Morgan fingerprint density at radius 1 is 1.33 bits per heavy atom. The highest BCUT2D eigenvalue weighted by Gasteiger charge is 2.00. The standard InChI is InChI=1S/C10H12OS/c1-8-4-3-5-9(2)10(8)12-7-6-11/h3-6H,7H2,1-2H3. The molecule has 2 heteroatoms. The smallest absolute Gasteiger partial charge is 0.130 e. The molecule has 0 aromatic heterocycles. The van der Waals surface area contributed by atoms with E-state index in [-0.39, 0.29) is 0 Å². The Labute approximate surface area is 77.2 Å². The minimum atomic E-state index is 0.547. The molecule has 0 atom stereocenters. The molecule has 0 heterocycles. The molecule has 0 aliphatic rings. The zero-order valence-electron chi connectivity index (χ0n) is 7.33. The molecule has 0 saturated heterocycles. The first-order valence-corrected chi connectivity index (χ1v) is 4.87. The number of carbonyl (C=O) groups excluding carboxylic acids is 1. The maximum atomic E-state index is 10.2. The van der Waals surface area contributed by atoms with Crippen molar-refractivity contribution in [1.29, 1.82) is 0 Å². The number of carbonyl (C=O) groups is 1. The van der Waals surface area contributed by atoms with Gasteiger partial charge in [-0.1, -0.05) is 18.2 Å². The van der Waals surface area contributed by atoms with Crippen molar-refractivity contribution < 1.29 is 4.79 Å². The average molecular weight is 180 g/mol. The van der Waals surface area contributed by atoms with E-state index in [4.69, 9.17) is 0 Å². The summed E-state index contributed by atoms with van der Waals surface area (Å²) in [6.07, 6.45) is 0.941. The van der Waals surface area contributed by atoms with Crippen molar-refractivity contribution in [2.24, 2.45) is 0 Å². The summed E-state index contributed by atoms with van der Waals surface area (Å²) >= 11 is 1.61. The quantitative estimate of drug-likeness (QED) is 0.525. The first-order chi connectivity index (χ1) is 5.75. The summed E-state index contributed by atoms with van der Waals surface area (Å²) in [5, 5.41) is 0. The maximum absolute atomic E-state index is 10.2. The van der Waals surface area contributed by atoms with Crippen molar-refractivity contribution in [3.8, 4) is 0 Å². The Morgan fingerprint density at radius 3 is 2.42 bits per heavy atom. The zero-order valence-corrected chi connectivity index (χ0v) is 8.15. The zero-order chi connectivity index (χ0) is 8.97. The first kappa shape index (κ1) is 9.33. The normalized spacial score (nSPS) is 9.83. The highest BCUT2D eigenvalue weighted by Crippen LogP contribution is 2.24. The Balaban J connectivity index is 2.88. The van der Waals surface area contributed by atoms with Crippen molar-refractivity contribution in [1.82, 2.24) is 0 Å². The summed E-state index contributed by atoms with van der Waals surface area (Å²) in [7, 11) is 0. The first-order valence-electron chi connectivity index (χ1n) is 3.88. The lowest BCUT2D eigenvalue weighted by Gasteiger charge is -2.05. The van der Waals surface area contributed by atoms with Crippen LogP contribution in [0.15, 0.2) is 23.1 Å². The molecular weight excluding hydrogens is 168 g/mol. The van der Waals surface area contributed by atoms with Crippen LogP contribution in [0.2, 0.25) is 0 Å². The second-order valence-corrected chi connectivity index (χ2v) is 3.73. The molecule has 0 amide bonds. The number of aryl methyl sites for hydroxylation is 2. The number of benzene rings is 1. The predicted octanol–water partition coefficient (Wildman–Crippen LogP) is 2.59. The summed E-state index contributed by atoms with van der Waals surface area (Å²) in [4.78, 5) is 11.4. The fourth-order valence-electron chi connectivity index (χ4n) is 1.14. The third-order valence-electron chi connectivity index (χ3n) is 1.70. The third-order valence-corrected chi connectivity index (χ3v) is 2.94. The second-order valence-electron chi connectivity index (χ2n) is 2.70. The Morgan fingerprint density at radius 2 is 1.92 bits per heavy atom. The molecule has 0 fully saturated rings. The molecule has 64 valence electrons. The van der Waals surface area contributed by atoms with E-state index in [9.17, 15) is 4.79 Å². The van der Waals surface area contributed by atoms with Crippen LogP contribution in [0.4, 0.5) is 0 Å². The second kappa shape index (κ2) is 4.31. The van der Waals surface area contributed by atoms with E-state index in [1.807, 2.05) is 6.07 Å². The molecule has 0 saturated carbocycles. The molecular formula is C10H12OS. The van der Waals surface area contributed by atoms with E-state index in [0.29, 0.717) is 5.75 Å². The lowest BCUT2D eigenvalue weighted by atomic mass is 10.2. The van der Waals surface area contributed by atoms with E-state index in [0.717, 1.165) is 6.29 Å². The molecule has 0 radical (unpaired) electrons. The van der Waals surface area contributed by atoms with Gasteiger partial charge in [0.2, 0.25) is 0 Å². The maximum Gasteiger partial charge on any atom is 0.130 e. The average Bonchev–Trinajstić information content (AvgIpc) is 2.04. The number of hydrogen-bond donors (Lipinski definition) is 0. The van der Waals surface area contributed by atoms with Crippen LogP contribution in [0.1, 0.15) is 11.1 Å². The highest BCUT2D eigenvalue weighted by atomic mass is 32.2. The van der Waals surface area contributed by atoms with Crippen molar-refractivity contribution in [3.05, 3.63) is 29.3 Å². The van der Waals surface area contributed by atoms with Gasteiger partial charge in [-0.2, -0.15) is 0 Å². The van der Waals surface area contributed by atoms with Gasteiger partial charge in [0.05, 0.1) is 5.75 Å². The molecule has 0 unspecified atom stereocenters. The minimum absolute atomic E-state index is 0.547. The molecule has 0 spiro atoms.